The monoisotopic (exact) mass is 789 g/mol. The summed E-state index contributed by atoms with van der Waals surface area (Å²) < 4.78 is 44.1. The summed E-state index contributed by atoms with van der Waals surface area (Å²) in [6, 6.07) is 14.0. The van der Waals surface area contributed by atoms with Crippen LogP contribution in [0.5, 0.6) is 11.5 Å². The molecule has 0 saturated carbocycles. The molecule has 5 aliphatic heterocycles. The molecule has 7 heterocycles. The number of nitrogens with one attached hydrogen (secondary N) is 1. The van der Waals surface area contributed by atoms with Gasteiger partial charge in [-0.3, -0.25) is 24.6 Å². The number of hydrogen-bond acceptors (Lipinski definition) is 11. The fourth-order valence-corrected chi connectivity index (χ4v) is 9.32. The first-order valence-electron chi connectivity index (χ1n) is 19.4. The van der Waals surface area contributed by atoms with Gasteiger partial charge in [0.15, 0.2) is 0 Å². The van der Waals surface area contributed by atoms with Crippen LogP contribution in [-0.2, 0) is 36.1 Å². The van der Waals surface area contributed by atoms with E-state index in [-0.39, 0.29) is 49.3 Å². The van der Waals surface area contributed by atoms with Gasteiger partial charge in [0.1, 0.15) is 42.0 Å². The van der Waals surface area contributed by atoms with Crippen molar-refractivity contribution in [3.8, 4) is 33.8 Å². The summed E-state index contributed by atoms with van der Waals surface area (Å²) in [5.74, 6) is 0.729. The van der Waals surface area contributed by atoms with E-state index in [0.29, 0.717) is 82.3 Å². The third-order valence-electron chi connectivity index (χ3n) is 12.4. The Kier molecular flexibility index (Phi) is 8.46. The zero-order valence-electron chi connectivity index (χ0n) is 32.2. The van der Waals surface area contributed by atoms with Crippen molar-refractivity contribution in [1.82, 2.24) is 19.8 Å². The molecule has 3 unspecified atom stereocenters. The molecular formula is C43H41F2N7O6. The predicted octanol–water partition coefficient (Wildman–Crippen LogP) is 4.23. The number of imide groups is 1. The second-order valence-electron chi connectivity index (χ2n) is 15.9. The number of ether oxygens (including phenoxy) is 2. The van der Waals surface area contributed by atoms with E-state index in [4.69, 9.17) is 9.47 Å². The number of pyridine rings is 2. The van der Waals surface area contributed by atoms with Crippen LogP contribution >= 0.6 is 0 Å². The number of benzene rings is 3. The average molecular weight is 790 g/mol. The zero-order valence-corrected chi connectivity index (χ0v) is 32.2. The zero-order chi connectivity index (χ0) is 40.1. The maximum Gasteiger partial charge on any atom is 0.259 e. The number of aromatic nitrogens is 2. The lowest BCUT2D eigenvalue weighted by atomic mass is 9.89. The molecule has 13 nitrogen and oxygen atoms in total. The number of carbonyl (C=O) groups is 2. The standard InChI is InChI=1S/C43H41F2N7O6/c1-48-19-31(29-14-38(51-17-25(44)18-51)46-15-30(29)42(48)55)23-11-36(57-3)32-20-50-16-24-9-22(10-33(45)28(24)13-26(50)21-58-37(32)12-23)27-5-4-6-34-40(27)49(2)43(56)52(34)35-7-8-39(53)47-41(35)54/h4-6,9-12,14-15,19,25-26,35,43,56H,7-8,13,16-18,20-21H2,1-3H3,(H,47,53,54). The third-order valence-corrected chi connectivity index (χ3v) is 12.4. The van der Waals surface area contributed by atoms with Gasteiger partial charge in [-0.05, 0) is 71.5 Å². The maximum absolute atomic E-state index is 16.3. The molecule has 0 spiro atoms. The van der Waals surface area contributed by atoms with E-state index in [1.807, 2.05) is 47.4 Å². The molecule has 2 fully saturated rings. The lowest BCUT2D eigenvalue weighted by molar-refractivity contribution is -0.134. The molecule has 3 aromatic carbocycles. The summed E-state index contributed by atoms with van der Waals surface area (Å²) in [5, 5.41) is 14.9. The van der Waals surface area contributed by atoms with Gasteiger partial charge in [-0.1, -0.05) is 12.1 Å². The van der Waals surface area contributed by atoms with Crippen molar-refractivity contribution in [2.45, 2.75) is 57.0 Å². The number of piperidine rings is 1. The largest absolute Gasteiger partial charge is 0.496 e. The van der Waals surface area contributed by atoms with E-state index < -0.39 is 24.5 Å². The van der Waals surface area contributed by atoms with E-state index >= 15 is 4.39 Å². The van der Waals surface area contributed by atoms with Gasteiger partial charge in [-0.15, -0.1) is 0 Å². The van der Waals surface area contributed by atoms with Crippen LogP contribution in [0.1, 0.15) is 29.5 Å². The molecule has 58 heavy (non-hydrogen) atoms. The number of halogens is 2. The number of methoxy groups -OCH3 is 1. The molecule has 5 aliphatic rings. The van der Waals surface area contributed by atoms with Crippen LogP contribution in [0, 0.1) is 5.82 Å². The van der Waals surface area contributed by atoms with Gasteiger partial charge in [-0.25, -0.2) is 13.8 Å². The molecule has 3 atom stereocenters. The lowest BCUT2D eigenvalue weighted by Gasteiger charge is -2.35. The molecule has 0 radical (unpaired) electrons. The summed E-state index contributed by atoms with van der Waals surface area (Å²) >= 11 is 0. The van der Waals surface area contributed by atoms with Gasteiger partial charge in [-0.2, -0.15) is 0 Å². The molecule has 10 rings (SSSR count). The highest BCUT2D eigenvalue weighted by atomic mass is 19.1. The first kappa shape index (κ1) is 36.3. The molecule has 2 saturated heterocycles. The number of alkyl halides is 1. The summed E-state index contributed by atoms with van der Waals surface area (Å²) in [6.45, 7) is 1.76. The predicted molar refractivity (Wildman–Crippen MR) is 213 cm³/mol. The third kappa shape index (κ3) is 5.69. The summed E-state index contributed by atoms with van der Waals surface area (Å²) in [4.78, 5) is 49.9. The number of amides is 2. The van der Waals surface area contributed by atoms with Crippen molar-refractivity contribution in [3.63, 3.8) is 0 Å². The van der Waals surface area contributed by atoms with Crippen LogP contribution in [0.2, 0.25) is 0 Å². The van der Waals surface area contributed by atoms with E-state index in [9.17, 15) is 23.9 Å². The molecule has 2 amide bonds. The van der Waals surface area contributed by atoms with E-state index in [0.717, 1.165) is 22.3 Å². The van der Waals surface area contributed by atoms with Crippen molar-refractivity contribution >= 4 is 39.8 Å². The second kappa shape index (κ2) is 13.5. The topological polar surface area (TPSA) is 133 Å². The molecule has 2 aromatic heterocycles. The highest BCUT2D eigenvalue weighted by molar-refractivity contribution is 6.03. The lowest BCUT2D eigenvalue weighted by Crippen LogP contribution is -2.56. The first-order valence-corrected chi connectivity index (χ1v) is 19.4. The number of aliphatic hydroxyl groups excluding tert-OH is 1. The van der Waals surface area contributed by atoms with Crippen LogP contribution in [0.4, 0.5) is 26.0 Å². The molecule has 5 aromatic rings. The van der Waals surface area contributed by atoms with Crippen LogP contribution in [0.3, 0.4) is 0 Å². The number of aryl methyl sites for hydroxylation is 1. The van der Waals surface area contributed by atoms with Gasteiger partial charge in [0, 0.05) is 68.6 Å². The molecular weight excluding hydrogens is 749 g/mol. The Morgan fingerprint density at radius 1 is 0.983 bits per heavy atom. The van der Waals surface area contributed by atoms with E-state index in [1.54, 1.807) is 43.4 Å². The van der Waals surface area contributed by atoms with Gasteiger partial charge in [0.2, 0.25) is 18.2 Å². The fourth-order valence-electron chi connectivity index (χ4n) is 9.32. The van der Waals surface area contributed by atoms with Gasteiger partial charge in [0.25, 0.3) is 5.56 Å². The minimum absolute atomic E-state index is 0.124. The minimum atomic E-state index is -1.16. The Morgan fingerprint density at radius 3 is 2.57 bits per heavy atom. The maximum atomic E-state index is 16.3. The van der Waals surface area contributed by atoms with Gasteiger partial charge >= 0.3 is 0 Å². The summed E-state index contributed by atoms with van der Waals surface area (Å²) in [5.41, 5.74) is 6.33. The molecule has 0 aliphatic carbocycles. The summed E-state index contributed by atoms with van der Waals surface area (Å²) in [6.07, 6.45) is 2.15. The van der Waals surface area contributed by atoms with E-state index in [2.05, 4.69) is 15.2 Å². The van der Waals surface area contributed by atoms with Gasteiger partial charge in [0.05, 0.1) is 42.5 Å². The molecule has 2 N–H and O–H groups in total. The Balaban J connectivity index is 0.980. The van der Waals surface area contributed by atoms with Crippen molar-refractivity contribution in [2.75, 3.05) is 48.6 Å². The number of aliphatic hydroxyl groups is 1. The Labute approximate surface area is 332 Å². The SMILES string of the molecule is COc1cc(-c2cn(C)c(=O)c3cnc(N4CC(F)C4)cc23)cc2c1CN1Cc3cc(-c4cccc5c4N(C)C(O)N5C4CCC(=O)NC4=O)cc(F)c3CC1CO2. The number of fused-ring (bicyclic) bond motifs is 5. The Bertz CT molecular complexity index is 2630. The minimum Gasteiger partial charge on any atom is -0.496 e. The number of carbonyl (C=O) groups excluding carboxylic acids is 2. The quantitative estimate of drug-likeness (QED) is 0.248. The number of rotatable bonds is 5. The summed E-state index contributed by atoms with van der Waals surface area (Å²) in [7, 11) is 5.04. The molecule has 298 valence electrons. The van der Waals surface area contributed by atoms with Crippen molar-refractivity contribution in [3.05, 3.63) is 93.8 Å². The smallest absolute Gasteiger partial charge is 0.259 e. The second-order valence-corrected chi connectivity index (χ2v) is 15.9. The normalized spacial score (nSPS) is 21.8. The molecule has 0 bridgehead atoms. The van der Waals surface area contributed by atoms with Crippen molar-refractivity contribution in [2.24, 2.45) is 7.05 Å². The molecule has 15 heteroatoms. The van der Waals surface area contributed by atoms with Gasteiger partial charge < -0.3 is 33.8 Å². The highest BCUT2D eigenvalue weighted by Gasteiger charge is 2.43. The number of para-hydroxylation sites is 1. The highest BCUT2D eigenvalue weighted by Crippen LogP contribution is 2.48. The first-order chi connectivity index (χ1) is 28.0. The average Bonchev–Trinajstić information content (AvgIpc) is 3.32. The van der Waals surface area contributed by atoms with Crippen LogP contribution < -0.4 is 35.0 Å². The van der Waals surface area contributed by atoms with Crippen molar-refractivity contribution in [1.29, 1.82) is 0 Å². The fraction of sp³-hybridized carbons (Fsp3) is 0.349. The van der Waals surface area contributed by atoms with E-state index in [1.165, 1.54) is 10.6 Å². The number of hydrogen-bond donors (Lipinski definition) is 2. The van der Waals surface area contributed by atoms with Crippen LogP contribution in [-0.4, -0.2) is 89.8 Å². The van der Waals surface area contributed by atoms with Crippen molar-refractivity contribution < 1.29 is 33.0 Å². The van der Waals surface area contributed by atoms with Crippen LogP contribution in [0.25, 0.3) is 33.0 Å². The Morgan fingerprint density at radius 2 is 1.79 bits per heavy atom. The Hall–Kier alpha value is -6.06. The number of anilines is 3. The number of nitrogens with zero attached hydrogens (tertiary/aromatic N) is 6. The van der Waals surface area contributed by atoms with Crippen LogP contribution in [0.15, 0.2) is 65.7 Å².